The van der Waals surface area contributed by atoms with E-state index in [1.54, 1.807) is 12.1 Å². The van der Waals surface area contributed by atoms with E-state index in [-0.39, 0.29) is 12.2 Å². The van der Waals surface area contributed by atoms with E-state index in [0.717, 1.165) is 0 Å². The van der Waals surface area contributed by atoms with Gasteiger partial charge in [-0.1, -0.05) is 11.6 Å². The van der Waals surface area contributed by atoms with E-state index < -0.39 is 16.7 Å². The highest BCUT2D eigenvalue weighted by atomic mass is 35.5. The first-order valence-electron chi connectivity index (χ1n) is 4.22. The third-order valence-corrected chi connectivity index (χ3v) is 3.41. The molecule has 1 aromatic carbocycles. The summed E-state index contributed by atoms with van der Waals surface area (Å²) in [6.07, 6.45) is 0.0680. The molecule has 82 valence electrons. The highest BCUT2D eigenvalue weighted by molar-refractivity contribution is 7.85. The third-order valence-electron chi connectivity index (χ3n) is 1.75. The number of nitrogen functional groups attached to an aromatic ring is 1. The van der Waals surface area contributed by atoms with Crippen molar-refractivity contribution in [3.05, 3.63) is 23.2 Å². The number of nitrogens with two attached hydrogens (primary N) is 2. The van der Waals surface area contributed by atoms with Gasteiger partial charge < -0.3 is 11.5 Å². The van der Waals surface area contributed by atoms with Crippen molar-refractivity contribution in [3.63, 3.8) is 0 Å². The number of hydrogen-bond acceptors (Lipinski definition) is 3. The Balaban J connectivity index is 2.81. The Morgan fingerprint density at radius 2 is 2.13 bits per heavy atom. The minimum absolute atomic E-state index is 0.0680. The van der Waals surface area contributed by atoms with Gasteiger partial charge in [-0.05, 0) is 18.2 Å². The lowest BCUT2D eigenvalue weighted by molar-refractivity contribution is -0.117. The smallest absolute Gasteiger partial charge is 0.218 e. The molecular formula is C9H11ClN2O2S. The van der Waals surface area contributed by atoms with Gasteiger partial charge in [-0.3, -0.25) is 9.00 Å². The van der Waals surface area contributed by atoms with E-state index in [1.807, 2.05) is 0 Å². The normalized spacial score (nSPS) is 12.3. The van der Waals surface area contributed by atoms with Gasteiger partial charge in [0.05, 0.1) is 15.7 Å². The van der Waals surface area contributed by atoms with Crippen molar-refractivity contribution in [2.75, 3.05) is 11.5 Å². The van der Waals surface area contributed by atoms with Crippen LogP contribution in [0.3, 0.4) is 0 Å². The summed E-state index contributed by atoms with van der Waals surface area (Å²) < 4.78 is 11.7. The number of hydrogen-bond donors (Lipinski definition) is 2. The van der Waals surface area contributed by atoms with Gasteiger partial charge >= 0.3 is 0 Å². The Kier molecular flexibility index (Phi) is 4.11. The zero-order valence-electron chi connectivity index (χ0n) is 7.90. The van der Waals surface area contributed by atoms with E-state index in [2.05, 4.69) is 0 Å². The molecule has 0 aliphatic heterocycles. The molecule has 1 atom stereocenters. The van der Waals surface area contributed by atoms with Crippen LogP contribution in [-0.4, -0.2) is 15.9 Å². The van der Waals surface area contributed by atoms with Crippen LogP contribution < -0.4 is 11.5 Å². The molecule has 1 unspecified atom stereocenters. The van der Waals surface area contributed by atoms with Crippen molar-refractivity contribution in [3.8, 4) is 0 Å². The molecule has 6 heteroatoms. The van der Waals surface area contributed by atoms with Crippen LogP contribution in [0, 0.1) is 0 Å². The Morgan fingerprint density at radius 1 is 1.47 bits per heavy atom. The maximum Gasteiger partial charge on any atom is 0.218 e. The second kappa shape index (κ2) is 5.14. The Morgan fingerprint density at radius 3 is 2.73 bits per heavy atom. The summed E-state index contributed by atoms with van der Waals surface area (Å²) in [7, 11) is -1.34. The van der Waals surface area contributed by atoms with Gasteiger partial charge in [0.25, 0.3) is 0 Å². The minimum Gasteiger partial charge on any atom is -0.398 e. The van der Waals surface area contributed by atoms with Crippen LogP contribution in [0.25, 0.3) is 0 Å². The summed E-state index contributed by atoms with van der Waals surface area (Å²) in [5.41, 5.74) is 11.0. The predicted octanol–water partition coefficient (Wildman–Crippen LogP) is 0.905. The van der Waals surface area contributed by atoms with Gasteiger partial charge in [-0.15, -0.1) is 0 Å². The lowest BCUT2D eigenvalue weighted by Crippen LogP contribution is -2.14. The Labute approximate surface area is 95.0 Å². The average molecular weight is 247 g/mol. The second-order valence-electron chi connectivity index (χ2n) is 2.95. The number of amides is 1. The van der Waals surface area contributed by atoms with Gasteiger partial charge in [-0.2, -0.15) is 0 Å². The molecular weight excluding hydrogens is 236 g/mol. The molecule has 0 heterocycles. The standard InChI is InChI=1S/C9H11ClN2O2S/c10-6-1-2-7(11)8(5-6)15(14)4-3-9(12)13/h1-2,5H,3-4,11H2,(H2,12,13). The van der Waals surface area contributed by atoms with Crippen molar-refractivity contribution >= 4 is 34.0 Å². The molecule has 0 saturated heterocycles. The molecule has 0 spiro atoms. The molecule has 0 aliphatic rings. The first-order chi connectivity index (χ1) is 7.00. The number of carbonyl (C=O) groups is 1. The summed E-state index contributed by atoms with van der Waals surface area (Å²) in [6.45, 7) is 0. The summed E-state index contributed by atoms with van der Waals surface area (Å²) in [4.78, 5) is 11.0. The topological polar surface area (TPSA) is 86.2 Å². The number of primary amides is 1. The van der Waals surface area contributed by atoms with Crippen LogP contribution in [0.4, 0.5) is 5.69 Å². The SMILES string of the molecule is NC(=O)CCS(=O)c1cc(Cl)ccc1N. The van der Waals surface area contributed by atoms with Crippen LogP contribution in [0.1, 0.15) is 6.42 Å². The van der Waals surface area contributed by atoms with Crippen LogP contribution in [-0.2, 0) is 15.6 Å². The van der Waals surface area contributed by atoms with Crippen molar-refractivity contribution in [2.24, 2.45) is 5.73 Å². The van der Waals surface area contributed by atoms with Crippen LogP contribution in [0.15, 0.2) is 23.1 Å². The highest BCUT2D eigenvalue weighted by Gasteiger charge is 2.09. The first kappa shape index (κ1) is 12.0. The number of benzene rings is 1. The maximum atomic E-state index is 11.7. The number of anilines is 1. The largest absolute Gasteiger partial charge is 0.398 e. The second-order valence-corrected chi connectivity index (χ2v) is 4.92. The molecule has 0 radical (unpaired) electrons. The van der Waals surface area contributed by atoms with Crippen LogP contribution in [0.2, 0.25) is 5.02 Å². The molecule has 0 aliphatic carbocycles. The quantitative estimate of drug-likeness (QED) is 0.774. The number of halogens is 1. The van der Waals surface area contributed by atoms with E-state index in [1.165, 1.54) is 6.07 Å². The minimum atomic E-state index is -1.34. The Bertz CT molecular complexity index is 409. The third kappa shape index (κ3) is 3.53. The summed E-state index contributed by atoms with van der Waals surface area (Å²) in [5.74, 6) is -0.316. The summed E-state index contributed by atoms with van der Waals surface area (Å²) >= 11 is 5.74. The van der Waals surface area contributed by atoms with E-state index in [4.69, 9.17) is 23.1 Å². The number of rotatable bonds is 4. The first-order valence-corrected chi connectivity index (χ1v) is 5.92. The Hall–Kier alpha value is -1.07. The van der Waals surface area contributed by atoms with Gasteiger partial charge in [0.1, 0.15) is 0 Å². The zero-order valence-corrected chi connectivity index (χ0v) is 9.48. The zero-order chi connectivity index (χ0) is 11.4. The molecule has 0 aromatic heterocycles. The molecule has 4 N–H and O–H groups in total. The van der Waals surface area contributed by atoms with Gasteiger partial charge in [0.2, 0.25) is 5.91 Å². The fourth-order valence-corrected chi connectivity index (χ4v) is 2.44. The highest BCUT2D eigenvalue weighted by Crippen LogP contribution is 2.21. The molecule has 1 aromatic rings. The van der Waals surface area contributed by atoms with Gasteiger partial charge in [0, 0.05) is 22.9 Å². The van der Waals surface area contributed by atoms with E-state index in [0.29, 0.717) is 15.6 Å². The van der Waals surface area contributed by atoms with E-state index >= 15 is 0 Å². The van der Waals surface area contributed by atoms with Crippen molar-refractivity contribution in [2.45, 2.75) is 11.3 Å². The molecule has 1 rings (SSSR count). The molecule has 15 heavy (non-hydrogen) atoms. The monoisotopic (exact) mass is 246 g/mol. The molecule has 1 amide bonds. The molecule has 0 fully saturated rings. The lowest BCUT2D eigenvalue weighted by atomic mass is 10.3. The van der Waals surface area contributed by atoms with Crippen molar-refractivity contribution in [1.29, 1.82) is 0 Å². The fraction of sp³-hybridized carbons (Fsp3) is 0.222. The molecule has 4 nitrogen and oxygen atoms in total. The van der Waals surface area contributed by atoms with Crippen molar-refractivity contribution in [1.82, 2.24) is 0 Å². The maximum absolute atomic E-state index is 11.7. The molecule has 0 saturated carbocycles. The van der Waals surface area contributed by atoms with Gasteiger partial charge in [0.15, 0.2) is 0 Å². The fourth-order valence-electron chi connectivity index (χ4n) is 1.01. The van der Waals surface area contributed by atoms with E-state index in [9.17, 15) is 9.00 Å². The predicted molar refractivity (Wildman–Crippen MR) is 61.0 cm³/mol. The summed E-state index contributed by atoms with van der Waals surface area (Å²) in [5, 5.41) is 0.464. The average Bonchev–Trinajstić information content (AvgIpc) is 2.18. The van der Waals surface area contributed by atoms with Gasteiger partial charge in [-0.25, -0.2) is 0 Å². The number of carbonyl (C=O) groups excluding carboxylic acids is 1. The van der Waals surface area contributed by atoms with Crippen LogP contribution in [0.5, 0.6) is 0 Å². The van der Waals surface area contributed by atoms with Crippen molar-refractivity contribution < 1.29 is 9.00 Å². The van der Waals surface area contributed by atoms with Crippen LogP contribution >= 0.6 is 11.6 Å². The summed E-state index contributed by atoms with van der Waals surface area (Å²) in [6, 6.07) is 4.74. The lowest BCUT2D eigenvalue weighted by Gasteiger charge is -2.05. The molecule has 0 bridgehead atoms.